The molecule has 2 N–H and O–H groups in total. The Labute approximate surface area is 138 Å². The van der Waals surface area contributed by atoms with Gasteiger partial charge >= 0.3 is 6.18 Å². The molecule has 2 rings (SSSR count). The van der Waals surface area contributed by atoms with Crippen molar-refractivity contribution in [2.45, 2.75) is 50.3 Å². The molecule has 0 spiro atoms. The van der Waals surface area contributed by atoms with E-state index in [1.165, 1.54) is 17.8 Å². The maximum atomic E-state index is 12.8. The smallest absolute Gasteiger partial charge is 0.389 e. The minimum absolute atomic E-state index is 0.312. The summed E-state index contributed by atoms with van der Waals surface area (Å²) >= 11 is 1.42. The third-order valence-electron chi connectivity index (χ3n) is 4.19. The van der Waals surface area contributed by atoms with Crippen LogP contribution in [-0.2, 0) is 6.18 Å². The normalized spacial score (nSPS) is 23.6. The first kappa shape index (κ1) is 18.1. The predicted octanol–water partition coefficient (Wildman–Crippen LogP) is 3.99. The van der Waals surface area contributed by atoms with Gasteiger partial charge in [-0.05, 0) is 45.4 Å². The summed E-state index contributed by atoms with van der Waals surface area (Å²) in [5.74, 6) is 0. The monoisotopic (exact) mass is 346 g/mol. The fourth-order valence-corrected chi connectivity index (χ4v) is 3.32. The van der Waals surface area contributed by atoms with Crippen LogP contribution >= 0.6 is 11.8 Å². The molecule has 0 saturated heterocycles. The van der Waals surface area contributed by atoms with Crippen molar-refractivity contribution in [3.8, 4) is 0 Å². The second-order valence-corrected chi connectivity index (χ2v) is 7.99. The van der Waals surface area contributed by atoms with Gasteiger partial charge in [0.2, 0.25) is 0 Å². The molecule has 0 radical (unpaired) electrons. The van der Waals surface area contributed by atoms with Gasteiger partial charge in [0.05, 0.1) is 28.5 Å². The molecule has 0 aliphatic carbocycles. The zero-order valence-electron chi connectivity index (χ0n) is 13.5. The largest absolute Gasteiger partial charge is 0.416 e. The molecular weight excluding hydrogens is 325 g/mol. The molecular formula is C16H21F3N2OS. The van der Waals surface area contributed by atoms with Crippen LogP contribution in [0.4, 0.5) is 13.2 Å². The Hall–Kier alpha value is -1.21. The second kappa shape index (κ2) is 6.02. The third kappa shape index (κ3) is 4.01. The van der Waals surface area contributed by atoms with Gasteiger partial charge < -0.3 is 10.4 Å². The summed E-state index contributed by atoms with van der Waals surface area (Å²) < 4.78 is 37.9. The highest BCUT2D eigenvalue weighted by molar-refractivity contribution is 8.15. The average molecular weight is 346 g/mol. The van der Waals surface area contributed by atoms with Crippen molar-refractivity contribution in [1.82, 2.24) is 5.32 Å². The molecule has 23 heavy (non-hydrogen) atoms. The number of aliphatic imine (C=N–C) groups is 1. The number of nitrogens with zero attached hydrogens (tertiary/aromatic N) is 1. The Bertz CT molecular complexity index is 610. The minimum Gasteiger partial charge on any atom is -0.389 e. The van der Waals surface area contributed by atoms with Crippen LogP contribution in [0, 0.1) is 0 Å². The highest BCUT2D eigenvalue weighted by Gasteiger charge is 2.45. The van der Waals surface area contributed by atoms with Crippen LogP contribution in [0.15, 0.2) is 29.3 Å². The number of aliphatic hydroxyl groups is 1. The number of amidine groups is 1. The highest BCUT2D eigenvalue weighted by atomic mass is 32.2. The van der Waals surface area contributed by atoms with E-state index in [1.54, 1.807) is 26.8 Å². The van der Waals surface area contributed by atoms with E-state index >= 15 is 0 Å². The van der Waals surface area contributed by atoms with E-state index in [2.05, 4.69) is 10.3 Å². The molecule has 1 heterocycles. The van der Waals surface area contributed by atoms with E-state index < -0.39 is 22.1 Å². The highest BCUT2D eigenvalue weighted by Crippen LogP contribution is 2.41. The number of rotatable bonds is 3. The molecule has 7 heteroatoms. The lowest BCUT2D eigenvalue weighted by Crippen LogP contribution is -2.46. The second-order valence-electron chi connectivity index (χ2n) is 6.50. The van der Waals surface area contributed by atoms with Crippen LogP contribution in [0.25, 0.3) is 0 Å². The Morgan fingerprint density at radius 2 is 2.00 bits per heavy atom. The van der Waals surface area contributed by atoms with Gasteiger partial charge in [0.15, 0.2) is 5.17 Å². The summed E-state index contributed by atoms with van der Waals surface area (Å²) in [6, 6.07) is 4.95. The molecule has 1 aliphatic heterocycles. The lowest BCUT2D eigenvalue weighted by molar-refractivity contribution is -0.137. The van der Waals surface area contributed by atoms with E-state index in [4.69, 9.17) is 0 Å². The first-order valence-corrected chi connectivity index (χ1v) is 8.13. The Morgan fingerprint density at radius 1 is 1.35 bits per heavy atom. The lowest BCUT2D eigenvalue weighted by atomic mass is 9.92. The number of nitrogens with one attached hydrogen (secondary N) is 1. The van der Waals surface area contributed by atoms with Crippen LogP contribution in [0.3, 0.4) is 0 Å². The maximum Gasteiger partial charge on any atom is 0.416 e. The molecule has 1 aromatic carbocycles. The number of hydrogen-bond donors (Lipinski definition) is 2. The number of halogens is 3. The molecule has 0 fully saturated rings. The van der Waals surface area contributed by atoms with Crippen molar-refractivity contribution in [1.29, 1.82) is 0 Å². The van der Waals surface area contributed by atoms with Crippen molar-refractivity contribution in [3.05, 3.63) is 35.4 Å². The minimum atomic E-state index is -4.35. The van der Waals surface area contributed by atoms with Gasteiger partial charge in [-0.25, -0.2) is 0 Å². The van der Waals surface area contributed by atoms with Crippen LogP contribution in [0.1, 0.15) is 44.9 Å². The summed E-state index contributed by atoms with van der Waals surface area (Å²) in [4.78, 5) is 4.38. The zero-order valence-corrected chi connectivity index (χ0v) is 14.3. The molecule has 1 unspecified atom stereocenters. The van der Waals surface area contributed by atoms with Crippen LogP contribution in [0.5, 0.6) is 0 Å². The Kier molecular flexibility index (Phi) is 4.74. The molecule has 0 amide bonds. The van der Waals surface area contributed by atoms with Gasteiger partial charge in [-0.15, -0.1) is 0 Å². The summed E-state index contributed by atoms with van der Waals surface area (Å²) in [6.45, 7) is 7.63. The molecule has 128 valence electrons. The molecule has 1 aliphatic rings. The standard InChI is InChI=1S/C16H21F3N2OS/c1-10(11-6-5-7-12(8-11)16(17,18)19)21-13-20-9-15(4,23-13)14(2,3)22/h5-8,10,22H,9H2,1-4H3,(H,20,21)/t10-,15?/m0/s1. The lowest BCUT2D eigenvalue weighted by Gasteiger charge is -2.35. The topological polar surface area (TPSA) is 44.6 Å². The van der Waals surface area contributed by atoms with E-state index in [0.29, 0.717) is 17.3 Å². The molecule has 0 bridgehead atoms. The molecule has 2 atom stereocenters. The fourth-order valence-electron chi connectivity index (χ4n) is 2.15. The molecule has 0 aromatic heterocycles. The van der Waals surface area contributed by atoms with Gasteiger partial charge in [-0.1, -0.05) is 23.9 Å². The number of benzene rings is 1. The number of alkyl halides is 3. The van der Waals surface area contributed by atoms with Crippen LogP contribution < -0.4 is 5.32 Å². The van der Waals surface area contributed by atoms with E-state index in [-0.39, 0.29) is 6.04 Å². The van der Waals surface area contributed by atoms with Gasteiger partial charge in [0.1, 0.15) is 0 Å². The van der Waals surface area contributed by atoms with Crippen molar-refractivity contribution in [2.24, 2.45) is 4.99 Å². The number of thioether (sulfide) groups is 1. The average Bonchev–Trinajstić information content (AvgIpc) is 2.80. The molecule has 1 aromatic rings. The van der Waals surface area contributed by atoms with Crippen molar-refractivity contribution in [3.63, 3.8) is 0 Å². The Balaban J connectivity index is 2.08. The first-order chi connectivity index (χ1) is 10.4. The SMILES string of the molecule is C[C@H](NC1=NCC(C)(C(C)(C)O)S1)c1cccc(C(F)(F)F)c1. The predicted molar refractivity (Wildman–Crippen MR) is 87.6 cm³/mol. The molecule has 3 nitrogen and oxygen atoms in total. The first-order valence-electron chi connectivity index (χ1n) is 7.32. The Morgan fingerprint density at radius 3 is 2.52 bits per heavy atom. The van der Waals surface area contributed by atoms with E-state index in [0.717, 1.165) is 12.1 Å². The van der Waals surface area contributed by atoms with Crippen molar-refractivity contribution in [2.75, 3.05) is 6.54 Å². The van der Waals surface area contributed by atoms with Crippen LogP contribution in [0.2, 0.25) is 0 Å². The van der Waals surface area contributed by atoms with Crippen LogP contribution in [-0.4, -0.2) is 27.2 Å². The zero-order chi connectivity index (χ0) is 17.5. The van der Waals surface area contributed by atoms with E-state index in [1.807, 2.05) is 6.92 Å². The van der Waals surface area contributed by atoms with Gasteiger partial charge in [0.25, 0.3) is 0 Å². The van der Waals surface area contributed by atoms with Gasteiger partial charge in [-0.2, -0.15) is 13.2 Å². The van der Waals surface area contributed by atoms with Crippen molar-refractivity contribution >= 4 is 16.9 Å². The fraction of sp³-hybridized carbons (Fsp3) is 0.562. The summed E-state index contributed by atoms with van der Waals surface area (Å²) in [6.07, 6.45) is -4.35. The van der Waals surface area contributed by atoms with Gasteiger partial charge in [-0.3, -0.25) is 4.99 Å². The quantitative estimate of drug-likeness (QED) is 0.870. The summed E-state index contributed by atoms with van der Waals surface area (Å²) in [5.41, 5.74) is -1.03. The maximum absolute atomic E-state index is 12.8. The molecule has 0 saturated carbocycles. The summed E-state index contributed by atoms with van der Waals surface area (Å²) in [7, 11) is 0. The summed E-state index contributed by atoms with van der Waals surface area (Å²) in [5, 5.41) is 14.0. The van der Waals surface area contributed by atoms with Crippen molar-refractivity contribution < 1.29 is 18.3 Å². The third-order valence-corrected chi connectivity index (χ3v) is 5.71. The number of hydrogen-bond acceptors (Lipinski definition) is 4. The van der Waals surface area contributed by atoms with Gasteiger partial charge in [0, 0.05) is 0 Å². The van der Waals surface area contributed by atoms with E-state index in [9.17, 15) is 18.3 Å².